The van der Waals surface area contributed by atoms with Crippen molar-refractivity contribution in [3.8, 4) is 0 Å². The molecule has 57 heavy (non-hydrogen) atoms. The van der Waals surface area contributed by atoms with Gasteiger partial charge in [-0.2, -0.15) is 17.6 Å². The van der Waals surface area contributed by atoms with E-state index in [-0.39, 0.29) is 43.5 Å². The van der Waals surface area contributed by atoms with Crippen LogP contribution < -0.4 is 0 Å². The Bertz CT molecular complexity index is 1030. The molecular weight excluding hydrogens is 769 g/mol. The second-order valence-corrected chi connectivity index (χ2v) is 17.7. The molecule has 0 amide bonds. The van der Waals surface area contributed by atoms with Gasteiger partial charge >= 0.3 is 35.7 Å². The first kappa shape index (κ1) is 54.7. The molecular formula is C42H74F4NO9P. The molecule has 334 valence electrons. The van der Waals surface area contributed by atoms with E-state index in [1.165, 1.54) is 14.2 Å². The molecule has 0 aliphatic heterocycles. The highest BCUT2D eigenvalue weighted by molar-refractivity contribution is 7.74. The molecule has 0 bridgehead atoms. The number of halogens is 4. The summed E-state index contributed by atoms with van der Waals surface area (Å²) in [6, 6.07) is 0. The summed E-state index contributed by atoms with van der Waals surface area (Å²) in [5.74, 6) is -10.5. The van der Waals surface area contributed by atoms with Gasteiger partial charge in [-0.1, -0.05) is 77.0 Å². The first-order chi connectivity index (χ1) is 27.2. The number of ether oxygens (including phenoxy) is 4. The van der Waals surface area contributed by atoms with Crippen LogP contribution in [-0.4, -0.2) is 107 Å². The number of nitrogens with zero attached hydrogens (tertiary/aromatic N) is 1. The predicted octanol–water partition coefficient (Wildman–Crippen LogP) is 10.4. The lowest BCUT2D eigenvalue weighted by Crippen LogP contribution is -2.31. The van der Waals surface area contributed by atoms with Crippen LogP contribution in [0.4, 0.5) is 17.6 Å². The summed E-state index contributed by atoms with van der Waals surface area (Å²) < 4.78 is 76.4. The third-order valence-corrected chi connectivity index (χ3v) is 12.4. The highest BCUT2D eigenvalue weighted by atomic mass is 31.1. The maximum atomic E-state index is 14.4. The molecule has 0 aromatic rings. The van der Waals surface area contributed by atoms with Crippen molar-refractivity contribution in [1.29, 1.82) is 0 Å². The van der Waals surface area contributed by atoms with Gasteiger partial charge in [-0.15, -0.1) is 0 Å². The molecule has 0 N–H and O–H groups in total. The minimum absolute atomic E-state index is 0.0469. The molecule has 0 aliphatic carbocycles. The van der Waals surface area contributed by atoms with Gasteiger partial charge in [0, 0.05) is 32.1 Å². The maximum Gasteiger partial charge on any atom is 0.376 e. The van der Waals surface area contributed by atoms with Crippen molar-refractivity contribution in [2.24, 2.45) is 0 Å². The van der Waals surface area contributed by atoms with Gasteiger partial charge in [0.1, 0.15) is 0 Å². The second kappa shape index (κ2) is 34.5. The van der Waals surface area contributed by atoms with Gasteiger partial charge in [0.25, 0.3) is 0 Å². The molecule has 0 aliphatic rings. The lowest BCUT2D eigenvalue weighted by molar-refractivity contribution is -0.173. The summed E-state index contributed by atoms with van der Waals surface area (Å²) in [7, 11) is 5.67. The van der Waals surface area contributed by atoms with Crippen molar-refractivity contribution in [3.05, 3.63) is 0 Å². The van der Waals surface area contributed by atoms with Crippen LogP contribution in [0.25, 0.3) is 0 Å². The minimum atomic E-state index is -3.54. The van der Waals surface area contributed by atoms with Crippen LogP contribution in [-0.2, 0) is 42.9 Å². The Labute approximate surface area is 341 Å². The zero-order valence-electron chi connectivity index (χ0n) is 35.5. The van der Waals surface area contributed by atoms with E-state index < -0.39 is 44.5 Å². The average molecular weight is 844 g/mol. The highest BCUT2D eigenvalue weighted by Crippen LogP contribution is 2.41. The monoisotopic (exact) mass is 844 g/mol. The lowest BCUT2D eigenvalue weighted by Gasteiger charge is -2.18. The number of hydrogen-bond acceptors (Lipinski definition) is 10. The smallest absolute Gasteiger partial charge is 0.376 e. The zero-order chi connectivity index (χ0) is 42.8. The predicted molar refractivity (Wildman–Crippen MR) is 216 cm³/mol. The molecule has 0 saturated carbocycles. The molecule has 0 saturated heterocycles. The van der Waals surface area contributed by atoms with Gasteiger partial charge in [0.15, 0.2) is 5.52 Å². The SMILES string of the molecule is COC(=O)CCCCCCCCOC(=O)C(F)(F)CCCCCCP(CCCCCCC(F)(F)C(=O)OCCCCCCCCC(=O)OC)C(=O)CCCN(C)C. The summed E-state index contributed by atoms with van der Waals surface area (Å²) in [6.45, 7) is 0.699. The Morgan fingerprint density at radius 1 is 0.474 bits per heavy atom. The third kappa shape index (κ3) is 31.3. The minimum Gasteiger partial charge on any atom is -0.469 e. The number of methoxy groups -OCH3 is 2. The van der Waals surface area contributed by atoms with E-state index in [0.717, 1.165) is 90.0 Å². The van der Waals surface area contributed by atoms with Gasteiger partial charge < -0.3 is 23.8 Å². The number of rotatable bonds is 39. The maximum absolute atomic E-state index is 14.4. The van der Waals surface area contributed by atoms with Crippen LogP contribution >= 0.6 is 7.92 Å². The Morgan fingerprint density at radius 3 is 1.21 bits per heavy atom. The Kier molecular flexibility index (Phi) is 33.1. The van der Waals surface area contributed by atoms with Crippen molar-refractivity contribution in [2.45, 2.75) is 179 Å². The second-order valence-electron chi connectivity index (χ2n) is 15.2. The summed E-state index contributed by atoms with van der Waals surface area (Å²) in [5, 5.41) is 0. The van der Waals surface area contributed by atoms with E-state index in [9.17, 15) is 41.5 Å². The van der Waals surface area contributed by atoms with E-state index >= 15 is 0 Å². The lowest BCUT2D eigenvalue weighted by atomic mass is 10.1. The van der Waals surface area contributed by atoms with Crippen molar-refractivity contribution < 1.29 is 60.5 Å². The molecule has 0 fully saturated rings. The molecule has 0 radical (unpaired) electrons. The number of hydrogen-bond donors (Lipinski definition) is 0. The molecule has 0 rings (SSSR count). The number of alkyl halides is 4. The first-order valence-electron chi connectivity index (χ1n) is 21.3. The van der Waals surface area contributed by atoms with E-state index in [2.05, 4.69) is 9.47 Å². The van der Waals surface area contributed by atoms with E-state index in [1.54, 1.807) is 0 Å². The Hall–Kier alpha value is -2.34. The largest absolute Gasteiger partial charge is 0.469 e. The normalized spacial score (nSPS) is 11.9. The fourth-order valence-corrected chi connectivity index (χ4v) is 8.59. The molecule has 0 aromatic carbocycles. The van der Waals surface area contributed by atoms with Crippen LogP contribution in [0.15, 0.2) is 0 Å². The average Bonchev–Trinajstić information content (AvgIpc) is 3.17. The molecule has 15 heteroatoms. The van der Waals surface area contributed by atoms with Crippen LogP contribution in [0.3, 0.4) is 0 Å². The summed E-state index contributed by atoms with van der Waals surface area (Å²) in [4.78, 5) is 61.3. The fraction of sp³-hybridized carbons (Fsp3) is 0.881. The number of carbonyl (C=O) groups excluding carboxylic acids is 5. The van der Waals surface area contributed by atoms with E-state index in [0.29, 0.717) is 70.1 Å². The molecule has 0 spiro atoms. The third-order valence-electron chi connectivity index (χ3n) is 9.76. The van der Waals surface area contributed by atoms with E-state index in [1.807, 2.05) is 19.0 Å². The number of carbonyl (C=O) groups is 5. The molecule has 0 heterocycles. The first-order valence-corrected chi connectivity index (χ1v) is 23.0. The van der Waals surface area contributed by atoms with Crippen LogP contribution in [0.1, 0.15) is 167 Å². The molecule has 0 aromatic heterocycles. The van der Waals surface area contributed by atoms with Crippen LogP contribution in [0, 0.1) is 0 Å². The van der Waals surface area contributed by atoms with Crippen LogP contribution in [0.5, 0.6) is 0 Å². The van der Waals surface area contributed by atoms with Gasteiger partial charge in [-0.3, -0.25) is 14.4 Å². The van der Waals surface area contributed by atoms with Gasteiger partial charge in [-0.25, -0.2) is 9.59 Å². The Balaban J connectivity index is 4.35. The van der Waals surface area contributed by atoms with Crippen molar-refractivity contribution >= 4 is 37.3 Å². The topological polar surface area (TPSA) is 126 Å². The summed E-state index contributed by atoms with van der Waals surface area (Å²) in [6.07, 6.45) is 15.6. The van der Waals surface area contributed by atoms with Gasteiger partial charge in [0.05, 0.1) is 27.4 Å². The van der Waals surface area contributed by atoms with Crippen LogP contribution in [0.2, 0.25) is 0 Å². The molecule has 10 nitrogen and oxygen atoms in total. The Morgan fingerprint density at radius 2 is 0.825 bits per heavy atom. The summed E-state index contributed by atoms with van der Waals surface area (Å²) in [5.41, 5.74) is 0.229. The fourth-order valence-electron chi connectivity index (χ4n) is 6.18. The zero-order valence-corrected chi connectivity index (χ0v) is 36.4. The van der Waals surface area contributed by atoms with Crippen molar-refractivity contribution in [1.82, 2.24) is 4.90 Å². The van der Waals surface area contributed by atoms with Crippen molar-refractivity contribution in [2.75, 3.05) is 60.4 Å². The number of unbranched alkanes of at least 4 members (excludes halogenated alkanes) is 16. The molecule has 0 atom stereocenters. The number of esters is 4. The standard InChI is InChI=1S/C42H74F4NO9P/c1-47(2)31-25-28-38(50)57(34-23-15-11-19-29-41(43,44)39(51)55-32-21-13-7-5-9-17-26-36(48)53-3)35-24-16-12-20-30-42(45,46)40(52)56-33-22-14-8-6-10-18-27-37(49)54-4/h5-35H2,1-4H3. The van der Waals surface area contributed by atoms with Crippen molar-refractivity contribution in [3.63, 3.8) is 0 Å². The van der Waals surface area contributed by atoms with E-state index in [4.69, 9.17) is 9.47 Å². The van der Waals surface area contributed by atoms with Gasteiger partial charge in [-0.05, 0) is 98.7 Å². The quantitative estimate of drug-likeness (QED) is 0.0194. The summed E-state index contributed by atoms with van der Waals surface area (Å²) >= 11 is 0. The molecule has 0 unspecified atom stereocenters. The highest BCUT2D eigenvalue weighted by Gasteiger charge is 2.40. The van der Waals surface area contributed by atoms with Gasteiger partial charge in [0.2, 0.25) is 0 Å².